The average Bonchev–Trinajstić information content (AvgIpc) is 2.26. The lowest BCUT2D eigenvalue weighted by Gasteiger charge is -2.20. The molecule has 0 spiro atoms. The van der Waals surface area contributed by atoms with Crippen molar-refractivity contribution >= 4 is 0 Å². The molecule has 0 bridgehead atoms. The summed E-state index contributed by atoms with van der Waals surface area (Å²) in [7, 11) is 2.19. The quantitative estimate of drug-likeness (QED) is 0.641. The van der Waals surface area contributed by atoms with Crippen molar-refractivity contribution in [3.63, 3.8) is 0 Å². The van der Waals surface area contributed by atoms with Crippen LogP contribution in [0.15, 0.2) is 0 Å². The van der Waals surface area contributed by atoms with E-state index < -0.39 is 0 Å². The molecule has 0 aromatic heterocycles. The maximum atomic E-state index is 5.60. The third-order valence-corrected chi connectivity index (χ3v) is 2.52. The van der Waals surface area contributed by atoms with Crippen molar-refractivity contribution in [2.75, 3.05) is 20.2 Å². The summed E-state index contributed by atoms with van der Waals surface area (Å²) in [5, 5.41) is 0. The largest absolute Gasteiger partial charge is 0.377 e. The van der Waals surface area contributed by atoms with E-state index in [9.17, 15) is 0 Å². The molecule has 2 nitrogen and oxygen atoms in total. The lowest BCUT2D eigenvalue weighted by atomic mass is 10.1. The molecular formula is C10H21NO. The van der Waals surface area contributed by atoms with Gasteiger partial charge in [0.05, 0.1) is 12.7 Å². The van der Waals surface area contributed by atoms with Crippen LogP contribution in [-0.2, 0) is 4.74 Å². The molecule has 1 saturated heterocycles. The fraction of sp³-hybridized carbons (Fsp3) is 1.00. The van der Waals surface area contributed by atoms with Crippen molar-refractivity contribution < 1.29 is 4.74 Å². The average molecular weight is 171 g/mol. The normalized spacial score (nSPS) is 31.8. The Morgan fingerprint density at radius 3 is 2.58 bits per heavy atom. The van der Waals surface area contributed by atoms with Crippen LogP contribution in [0, 0.1) is 5.92 Å². The van der Waals surface area contributed by atoms with Gasteiger partial charge in [-0.1, -0.05) is 6.92 Å². The third-order valence-electron chi connectivity index (χ3n) is 2.52. The smallest absolute Gasteiger partial charge is 0.0625 e. The van der Waals surface area contributed by atoms with E-state index in [1.807, 2.05) is 0 Å². The van der Waals surface area contributed by atoms with E-state index in [2.05, 4.69) is 32.7 Å². The van der Waals surface area contributed by atoms with Gasteiger partial charge in [-0.15, -0.1) is 0 Å². The van der Waals surface area contributed by atoms with Crippen molar-refractivity contribution in [1.29, 1.82) is 0 Å². The van der Waals surface area contributed by atoms with Crippen molar-refractivity contribution in [1.82, 2.24) is 4.90 Å². The molecule has 2 heteroatoms. The maximum Gasteiger partial charge on any atom is 0.0625 e. The minimum absolute atomic E-state index is 0.370. The molecule has 0 amide bonds. The van der Waals surface area contributed by atoms with Gasteiger partial charge < -0.3 is 9.64 Å². The monoisotopic (exact) mass is 171 g/mol. The highest BCUT2D eigenvalue weighted by molar-refractivity contribution is 4.80. The second-order valence-corrected chi connectivity index (χ2v) is 4.32. The Balaban J connectivity index is 2.23. The molecule has 1 rings (SSSR count). The van der Waals surface area contributed by atoms with Crippen molar-refractivity contribution in [3.8, 4) is 0 Å². The lowest BCUT2D eigenvalue weighted by Crippen LogP contribution is -2.30. The van der Waals surface area contributed by atoms with Gasteiger partial charge in [-0.05, 0) is 33.2 Å². The van der Waals surface area contributed by atoms with Crippen LogP contribution >= 0.6 is 0 Å². The van der Waals surface area contributed by atoms with Gasteiger partial charge in [-0.2, -0.15) is 0 Å². The Labute approximate surface area is 75.9 Å². The molecule has 1 heterocycles. The molecule has 0 saturated carbocycles. The molecule has 1 aliphatic heterocycles. The predicted octanol–water partition coefficient (Wildman–Crippen LogP) is 1.75. The highest BCUT2D eigenvalue weighted by Crippen LogP contribution is 2.21. The minimum Gasteiger partial charge on any atom is -0.377 e. The van der Waals surface area contributed by atoms with Crippen LogP contribution < -0.4 is 0 Å². The molecule has 72 valence electrons. The second kappa shape index (κ2) is 4.24. The van der Waals surface area contributed by atoms with Crippen LogP contribution in [-0.4, -0.2) is 37.2 Å². The summed E-state index contributed by atoms with van der Waals surface area (Å²) in [6.45, 7) is 8.63. The van der Waals surface area contributed by atoms with Gasteiger partial charge in [0.2, 0.25) is 0 Å². The molecular weight excluding hydrogens is 150 g/mol. The number of rotatable bonds is 3. The summed E-state index contributed by atoms with van der Waals surface area (Å²) in [5.41, 5.74) is 0. The van der Waals surface area contributed by atoms with E-state index in [4.69, 9.17) is 4.74 Å². The van der Waals surface area contributed by atoms with E-state index in [1.165, 1.54) is 13.0 Å². The standard InChI is InChI=1S/C10H21NO/c1-8(2)12-7-10-5-9(3)6-11(10)4/h8-10H,5-7H2,1-4H3/t9-,10+/m1/s1. The third kappa shape index (κ3) is 2.76. The first-order valence-electron chi connectivity index (χ1n) is 4.91. The van der Waals surface area contributed by atoms with Crippen LogP contribution in [0.4, 0.5) is 0 Å². The number of nitrogens with zero attached hydrogens (tertiary/aromatic N) is 1. The van der Waals surface area contributed by atoms with Gasteiger partial charge in [0.25, 0.3) is 0 Å². The lowest BCUT2D eigenvalue weighted by molar-refractivity contribution is 0.0431. The van der Waals surface area contributed by atoms with Crippen LogP contribution in [0.3, 0.4) is 0 Å². The van der Waals surface area contributed by atoms with Crippen molar-refractivity contribution in [2.24, 2.45) is 5.92 Å². The zero-order chi connectivity index (χ0) is 9.14. The van der Waals surface area contributed by atoms with Crippen LogP contribution in [0.2, 0.25) is 0 Å². The zero-order valence-corrected chi connectivity index (χ0v) is 8.71. The Bertz CT molecular complexity index is 136. The summed E-state index contributed by atoms with van der Waals surface area (Å²) in [5.74, 6) is 0.843. The summed E-state index contributed by atoms with van der Waals surface area (Å²) >= 11 is 0. The van der Waals surface area contributed by atoms with E-state index in [-0.39, 0.29) is 0 Å². The fourth-order valence-corrected chi connectivity index (χ4v) is 1.86. The van der Waals surface area contributed by atoms with Crippen LogP contribution in [0.25, 0.3) is 0 Å². The molecule has 0 radical (unpaired) electrons. The number of likely N-dealkylation sites (N-methyl/N-ethyl adjacent to an activating group) is 1. The Kier molecular flexibility index (Phi) is 3.53. The zero-order valence-electron chi connectivity index (χ0n) is 8.71. The Hall–Kier alpha value is -0.0800. The van der Waals surface area contributed by atoms with E-state index in [0.29, 0.717) is 12.1 Å². The van der Waals surface area contributed by atoms with Crippen molar-refractivity contribution in [2.45, 2.75) is 39.3 Å². The summed E-state index contributed by atoms with van der Waals surface area (Å²) in [4.78, 5) is 2.41. The fourth-order valence-electron chi connectivity index (χ4n) is 1.86. The van der Waals surface area contributed by atoms with E-state index >= 15 is 0 Å². The predicted molar refractivity (Wildman–Crippen MR) is 51.3 cm³/mol. The Morgan fingerprint density at radius 2 is 2.17 bits per heavy atom. The second-order valence-electron chi connectivity index (χ2n) is 4.32. The van der Waals surface area contributed by atoms with Crippen molar-refractivity contribution in [3.05, 3.63) is 0 Å². The first-order chi connectivity index (χ1) is 5.59. The molecule has 12 heavy (non-hydrogen) atoms. The van der Waals surface area contributed by atoms with Crippen LogP contribution in [0.5, 0.6) is 0 Å². The van der Waals surface area contributed by atoms with E-state index in [1.54, 1.807) is 0 Å². The highest BCUT2D eigenvalue weighted by Gasteiger charge is 2.26. The first-order valence-corrected chi connectivity index (χ1v) is 4.91. The molecule has 0 aromatic rings. The molecule has 2 atom stereocenters. The molecule has 1 fully saturated rings. The number of hydrogen-bond donors (Lipinski definition) is 0. The molecule has 0 unspecified atom stereocenters. The minimum atomic E-state index is 0.370. The van der Waals surface area contributed by atoms with Gasteiger partial charge in [0.1, 0.15) is 0 Å². The van der Waals surface area contributed by atoms with Crippen LogP contribution in [0.1, 0.15) is 27.2 Å². The molecule has 0 aromatic carbocycles. The first kappa shape index (κ1) is 10.0. The maximum absolute atomic E-state index is 5.60. The van der Waals surface area contributed by atoms with Gasteiger partial charge >= 0.3 is 0 Å². The summed E-state index contributed by atoms with van der Waals surface area (Å²) in [6.07, 6.45) is 1.66. The van der Waals surface area contributed by atoms with E-state index in [0.717, 1.165) is 12.5 Å². The topological polar surface area (TPSA) is 12.5 Å². The van der Waals surface area contributed by atoms with Gasteiger partial charge in [-0.3, -0.25) is 0 Å². The number of likely N-dealkylation sites (tertiary alicyclic amines) is 1. The van der Waals surface area contributed by atoms with Gasteiger partial charge in [0, 0.05) is 12.6 Å². The number of ether oxygens (including phenoxy) is 1. The molecule has 0 aliphatic carbocycles. The summed E-state index contributed by atoms with van der Waals surface area (Å²) < 4.78 is 5.60. The number of hydrogen-bond acceptors (Lipinski definition) is 2. The Morgan fingerprint density at radius 1 is 1.50 bits per heavy atom. The molecule has 0 N–H and O–H groups in total. The SMILES string of the molecule is CC(C)OC[C@@H]1C[C@@H](C)CN1C. The van der Waals surface area contributed by atoms with Gasteiger partial charge in [0.15, 0.2) is 0 Å². The van der Waals surface area contributed by atoms with Gasteiger partial charge in [-0.25, -0.2) is 0 Å². The highest BCUT2D eigenvalue weighted by atomic mass is 16.5. The summed E-state index contributed by atoms with van der Waals surface area (Å²) in [6, 6.07) is 0.655. The molecule has 1 aliphatic rings.